The highest BCUT2D eigenvalue weighted by molar-refractivity contribution is 5.90. The molecule has 0 radical (unpaired) electrons. The van der Waals surface area contributed by atoms with E-state index in [1.165, 1.54) is 18.6 Å². The van der Waals surface area contributed by atoms with Crippen LogP contribution in [0, 0.1) is 5.41 Å². The van der Waals surface area contributed by atoms with Crippen molar-refractivity contribution in [3.8, 4) is 0 Å². The van der Waals surface area contributed by atoms with Crippen molar-refractivity contribution in [3.63, 3.8) is 0 Å². The second-order valence-corrected chi connectivity index (χ2v) is 3.68. The first-order valence-corrected chi connectivity index (χ1v) is 4.64. The molecule has 1 aliphatic rings. The number of aliphatic imine (C=N–C) groups is 1. The highest BCUT2D eigenvalue weighted by atomic mass is 14.8. The third-order valence-corrected chi connectivity index (χ3v) is 1.74. The van der Waals surface area contributed by atoms with Crippen LogP contribution in [0.1, 0.15) is 47.5 Å². The SMILES string of the molecule is CC.CC(C)(C)C1=NCCC1. The quantitative estimate of drug-likeness (QED) is 0.509. The Bertz CT molecular complexity index is 128. The highest BCUT2D eigenvalue weighted by Crippen LogP contribution is 2.22. The van der Waals surface area contributed by atoms with E-state index in [1.807, 2.05) is 13.8 Å². The Balaban J connectivity index is 0.000000461. The van der Waals surface area contributed by atoms with E-state index in [0.29, 0.717) is 5.41 Å². The zero-order valence-corrected chi connectivity index (χ0v) is 8.57. The number of hydrogen-bond donors (Lipinski definition) is 0. The molecular weight excluding hydrogens is 134 g/mol. The Morgan fingerprint density at radius 2 is 1.73 bits per heavy atom. The van der Waals surface area contributed by atoms with Crippen molar-refractivity contribution in [3.05, 3.63) is 0 Å². The first-order valence-electron chi connectivity index (χ1n) is 4.64. The van der Waals surface area contributed by atoms with Gasteiger partial charge in [-0.1, -0.05) is 34.6 Å². The zero-order chi connectivity index (χ0) is 8.91. The van der Waals surface area contributed by atoms with Crippen LogP contribution in [0.15, 0.2) is 4.99 Å². The maximum absolute atomic E-state index is 4.42. The molecule has 0 aromatic carbocycles. The van der Waals surface area contributed by atoms with E-state index < -0.39 is 0 Å². The smallest absolute Gasteiger partial charge is 0.0392 e. The van der Waals surface area contributed by atoms with Gasteiger partial charge in [0.2, 0.25) is 0 Å². The van der Waals surface area contributed by atoms with Gasteiger partial charge in [0.25, 0.3) is 0 Å². The van der Waals surface area contributed by atoms with Crippen molar-refractivity contribution >= 4 is 5.71 Å². The molecule has 0 fully saturated rings. The van der Waals surface area contributed by atoms with Crippen LogP contribution in [0.25, 0.3) is 0 Å². The molecule has 0 aromatic rings. The molecule has 0 saturated heterocycles. The molecule has 1 rings (SSSR count). The molecule has 0 aromatic heterocycles. The standard InChI is InChI=1S/C8H15N.C2H6/c1-8(2,3)7-5-4-6-9-7;1-2/h4-6H2,1-3H3;1-2H3. The lowest BCUT2D eigenvalue weighted by Crippen LogP contribution is -2.17. The summed E-state index contributed by atoms with van der Waals surface area (Å²) < 4.78 is 0. The van der Waals surface area contributed by atoms with Crippen molar-refractivity contribution in [1.29, 1.82) is 0 Å². The van der Waals surface area contributed by atoms with E-state index >= 15 is 0 Å². The second kappa shape index (κ2) is 4.53. The number of hydrogen-bond acceptors (Lipinski definition) is 1. The summed E-state index contributed by atoms with van der Waals surface area (Å²) in [7, 11) is 0. The molecule has 1 heteroatoms. The van der Waals surface area contributed by atoms with Gasteiger partial charge in [0.1, 0.15) is 0 Å². The van der Waals surface area contributed by atoms with Gasteiger partial charge < -0.3 is 0 Å². The monoisotopic (exact) mass is 155 g/mol. The Hall–Kier alpha value is -0.330. The van der Waals surface area contributed by atoms with Crippen LogP contribution < -0.4 is 0 Å². The normalized spacial score (nSPS) is 17.0. The minimum absolute atomic E-state index is 0.330. The zero-order valence-electron chi connectivity index (χ0n) is 8.57. The van der Waals surface area contributed by atoms with E-state index in [9.17, 15) is 0 Å². The van der Waals surface area contributed by atoms with E-state index in [0.717, 1.165) is 6.54 Å². The first kappa shape index (κ1) is 10.7. The van der Waals surface area contributed by atoms with Crippen molar-refractivity contribution in [2.75, 3.05) is 6.54 Å². The first-order chi connectivity index (χ1) is 5.11. The fraction of sp³-hybridized carbons (Fsp3) is 0.900. The summed E-state index contributed by atoms with van der Waals surface area (Å²) in [4.78, 5) is 4.42. The summed E-state index contributed by atoms with van der Waals surface area (Å²) in [6.07, 6.45) is 2.50. The molecule has 0 bridgehead atoms. The van der Waals surface area contributed by atoms with Crippen LogP contribution in [0.3, 0.4) is 0 Å². The average Bonchev–Trinajstić information content (AvgIpc) is 2.40. The molecule has 0 N–H and O–H groups in total. The molecule has 0 unspecified atom stereocenters. The summed E-state index contributed by atoms with van der Waals surface area (Å²) in [5.41, 5.74) is 1.73. The van der Waals surface area contributed by atoms with Crippen molar-refractivity contribution < 1.29 is 0 Å². The Kier molecular flexibility index (Phi) is 4.39. The summed E-state index contributed by atoms with van der Waals surface area (Å²) >= 11 is 0. The van der Waals surface area contributed by atoms with E-state index in [4.69, 9.17) is 0 Å². The van der Waals surface area contributed by atoms with Gasteiger partial charge in [0, 0.05) is 12.3 Å². The molecule has 0 atom stereocenters. The molecular formula is C10H21N. The molecule has 1 heterocycles. The maximum Gasteiger partial charge on any atom is 0.0392 e. The van der Waals surface area contributed by atoms with Gasteiger partial charge in [-0.15, -0.1) is 0 Å². The fourth-order valence-corrected chi connectivity index (χ4v) is 1.15. The van der Waals surface area contributed by atoms with Gasteiger partial charge in [-0.05, 0) is 18.3 Å². The minimum atomic E-state index is 0.330. The van der Waals surface area contributed by atoms with E-state index in [-0.39, 0.29) is 0 Å². The number of nitrogens with zero attached hydrogens (tertiary/aromatic N) is 1. The van der Waals surface area contributed by atoms with Gasteiger partial charge in [-0.3, -0.25) is 4.99 Å². The average molecular weight is 155 g/mol. The molecule has 1 nitrogen and oxygen atoms in total. The van der Waals surface area contributed by atoms with Crippen LogP contribution in [0.5, 0.6) is 0 Å². The summed E-state index contributed by atoms with van der Waals surface area (Å²) in [5, 5.41) is 0. The number of rotatable bonds is 0. The molecule has 0 spiro atoms. The molecule has 0 amide bonds. The van der Waals surface area contributed by atoms with Crippen LogP contribution in [-0.4, -0.2) is 12.3 Å². The molecule has 66 valence electrons. The van der Waals surface area contributed by atoms with Gasteiger partial charge >= 0.3 is 0 Å². The Morgan fingerprint density at radius 3 is 1.91 bits per heavy atom. The van der Waals surface area contributed by atoms with Crippen molar-refractivity contribution in [2.24, 2.45) is 10.4 Å². The topological polar surface area (TPSA) is 12.4 Å². The van der Waals surface area contributed by atoms with Crippen molar-refractivity contribution in [2.45, 2.75) is 47.5 Å². The third kappa shape index (κ3) is 3.54. The molecule has 11 heavy (non-hydrogen) atoms. The molecule has 0 saturated carbocycles. The van der Waals surface area contributed by atoms with Crippen LogP contribution in [0.2, 0.25) is 0 Å². The van der Waals surface area contributed by atoms with Gasteiger partial charge in [-0.25, -0.2) is 0 Å². The van der Waals surface area contributed by atoms with Gasteiger partial charge in [0.05, 0.1) is 0 Å². The van der Waals surface area contributed by atoms with E-state index in [2.05, 4.69) is 25.8 Å². The Morgan fingerprint density at radius 1 is 1.18 bits per heavy atom. The fourth-order valence-electron chi connectivity index (χ4n) is 1.15. The van der Waals surface area contributed by atoms with Crippen molar-refractivity contribution in [1.82, 2.24) is 0 Å². The van der Waals surface area contributed by atoms with Crippen LogP contribution in [-0.2, 0) is 0 Å². The molecule has 0 aliphatic carbocycles. The van der Waals surface area contributed by atoms with Gasteiger partial charge in [-0.2, -0.15) is 0 Å². The second-order valence-electron chi connectivity index (χ2n) is 3.68. The highest BCUT2D eigenvalue weighted by Gasteiger charge is 2.20. The predicted molar refractivity (Wildman–Crippen MR) is 52.3 cm³/mol. The summed E-state index contributed by atoms with van der Waals surface area (Å²) in [5.74, 6) is 0. The van der Waals surface area contributed by atoms with Crippen LogP contribution in [0.4, 0.5) is 0 Å². The lowest BCUT2D eigenvalue weighted by atomic mass is 9.88. The summed E-state index contributed by atoms with van der Waals surface area (Å²) in [6.45, 7) is 11.8. The minimum Gasteiger partial charge on any atom is -0.294 e. The third-order valence-electron chi connectivity index (χ3n) is 1.74. The molecule has 1 aliphatic heterocycles. The maximum atomic E-state index is 4.42. The lowest BCUT2D eigenvalue weighted by molar-refractivity contribution is 0.583. The predicted octanol–water partition coefficient (Wildman–Crippen LogP) is 3.29. The largest absolute Gasteiger partial charge is 0.294 e. The lowest BCUT2D eigenvalue weighted by Gasteiger charge is -2.17. The van der Waals surface area contributed by atoms with Crippen LogP contribution >= 0.6 is 0 Å². The van der Waals surface area contributed by atoms with E-state index in [1.54, 1.807) is 0 Å². The summed E-state index contributed by atoms with van der Waals surface area (Å²) in [6, 6.07) is 0. The Labute approximate surface area is 70.9 Å². The van der Waals surface area contributed by atoms with Gasteiger partial charge in [0.15, 0.2) is 0 Å².